The summed E-state index contributed by atoms with van der Waals surface area (Å²) in [5.41, 5.74) is 10.5. The molecule has 6 nitrogen and oxygen atoms in total. The number of alkyl halides is 1. The molecule has 0 aliphatic carbocycles. The molecular formula is C19H27F2N5O. The van der Waals surface area contributed by atoms with Crippen molar-refractivity contribution in [2.45, 2.75) is 25.9 Å². The van der Waals surface area contributed by atoms with Gasteiger partial charge in [-0.3, -0.25) is 9.78 Å². The lowest BCUT2D eigenvalue weighted by atomic mass is 10.0. The lowest BCUT2D eigenvalue weighted by molar-refractivity contribution is -0.115. The fourth-order valence-corrected chi connectivity index (χ4v) is 1.64. The SMILES string of the molecule is C=C.C=C(F)C(N)=O.CCC(C)(F)c1ccc(Nc2cccnc2N)cn1.[HH]. The molecule has 27 heavy (non-hydrogen) atoms. The number of rotatable bonds is 5. The van der Waals surface area contributed by atoms with Crippen LogP contribution in [0.4, 0.5) is 26.0 Å². The summed E-state index contributed by atoms with van der Waals surface area (Å²) in [5.74, 6) is -1.79. The number of aromatic nitrogens is 2. The molecule has 0 saturated carbocycles. The lowest BCUT2D eigenvalue weighted by Crippen LogP contribution is -2.15. The Hall–Kier alpha value is -3.29. The summed E-state index contributed by atoms with van der Waals surface area (Å²) in [7, 11) is 0. The first-order valence-electron chi connectivity index (χ1n) is 7.94. The number of hydrogen-bond acceptors (Lipinski definition) is 5. The minimum atomic E-state index is -1.40. The molecule has 0 bridgehead atoms. The molecule has 0 aliphatic rings. The molecule has 0 aliphatic heterocycles. The van der Waals surface area contributed by atoms with Crippen molar-refractivity contribution in [2.75, 3.05) is 11.1 Å². The third kappa shape index (κ3) is 8.08. The second-order valence-electron chi connectivity index (χ2n) is 5.31. The Bertz CT molecular complexity index is 742. The first-order valence-corrected chi connectivity index (χ1v) is 7.94. The van der Waals surface area contributed by atoms with Gasteiger partial charge in [-0.25, -0.2) is 13.8 Å². The van der Waals surface area contributed by atoms with Crippen LogP contribution in [0.1, 0.15) is 27.4 Å². The normalized spacial score (nSPS) is 11.6. The van der Waals surface area contributed by atoms with E-state index in [9.17, 15) is 13.6 Å². The summed E-state index contributed by atoms with van der Waals surface area (Å²) in [5, 5.41) is 3.10. The van der Waals surface area contributed by atoms with Crippen LogP contribution in [0.2, 0.25) is 0 Å². The topological polar surface area (TPSA) is 107 Å². The number of nitrogens with two attached hydrogens (primary N) is 2. The minimum absolute atomic E-state index is 0. The van der Waals surface area contributed by atoms with Crippen LogP contribution in [-0.2, 0) is 10.5 Å². The quantitative estimate of drug-likeness (QED) is 0.527. The Morgan fingerprint density at radius 2 is 1.93 bits per heavy atom. The van der Waals surface area contributed by atoms with Crippen molar-refractivity contribution in [1.29, 1.82) is 0 Å². The highest BCUT2D eigenvalue weighted by Crippen LogP contribution is 2.28. The molecule has 0 radical (unpaired) electrons. The molecule has 148 valence electrons. The van der Waals surface area contributed by atoms with Gasteiger partial charge < -0.3 is 16.8 Å². The Balaban J connectivity index is 0. The van der Waals surface area contributed by atoms with Gasteiger partial charge in [0.05, 0.1) is 23.3 Å². The number of carbonyl (C=O) groups excluding carboxylic acids is 1. The van der Waals surface area contributed by atoms with Gasteiger partial charge in [0.1, 0.15) is 11.5 Å². The molecule has 1 amide bonds. The number of hydrogen-bond donors (Lipinski definition) is 3. The number of anilines is 3. The molecule has 2 aromatic heterocycles. The van der Waals surface area contributed by atoms with E-state index in [4.69, 9.17) is 5.73 Å². The van der Waals surface area contributed by atoms with Crippen LogP contribution in [0.15, 0.2) is 62.2 Å². The first-order chi connectivity index (χ1) is 12.7. The molecular weight excluding hydrogens is 352 g/mol. The smallest absolute Gasteiger partial charge is 0.276 e. The molecule has 2 heterocycles. The van der Waals surface area contributed by atoms with Crippen LogP contribution < -0.4 is 16.8 Å². The number of pyridine rings is 2. The zero-order valence-electron chi connectivity index (χ0n) is 15.5. The number of nitrogen functional groups attached to an aromatic ring is 1. The molecule has 2 aromatic rings. The fourth-order valence-electron chi connectivity index (χ4n) is 1.64. The monoisotopic (exact) mass is 379 g/mol. The van der Waals surface area contributed by atoms with Crippen LogP contribution in [0, 0.1) is 0 Å². The summed E-state index contributed by atoms with van der Waals surface area (Å²) >= 11 is 0. The summed E-state index contributed by atoms with van der Waals surface area (Å²) in [4.78, 5) is 17.6. The molecule has 5 N–H and O–H groups in total. The largest absolute Gasteiger partial charge is 0.382 e. The van der Waals surface area contributed by atoms with E-state index < -0.39 is 17.4 Å². The second-order valence-corrected chi connectivity index (χ2v) is 5.31. The number of primary amides is 1. The Labute approximate surface area is 159 Å². The Morgan fingerprint density at radius 1 is 1.33 bits per heavy atom. The van der Waals surface area contributed by atoms with Crippen molar-refractivity contribution in [3.63, 3.8) is 0 Å². The summed E-state index contributed by atoms with van der Waals surface area (Å²) in [6.07, 6.45) is 3.61. The van der Waals surface area contributed by atoms with Gasteiger partial charge in [0, 0.05) is 7.62 Å². The maximum absolute atomic E-state index is 14.1. The van der Waals surface area contributed by atoms with Gasteiger partial charge in [0.2, 0.25) is 0 Å². The maximum Gasteiger partial charge on any atom is 0.276 e. The van der Waals surface area contributed by atoms with Crippen molar-refractivity contribution in [2.24, 2.45) is 5.73 Å². The van der Waals surface area contributed by atoms with E-state index in [1.807, 2.05) is 6.07 Å². The zero-order valence-corrected chi connectivity index (χ0v) is 15.5. The highest BCUT2D eigenvalue weighted by atomic mass is 19.1. The van der Waals surface area contributed by atoms with Gasteiger partial charge in [-0.05, 0) is 37.6 Å². The molecule has 1 atom stereocenters. The van der Waals surface area contributed by atoms with Gasteiger partial charge in [0.25, 0.3) is 5.91 Å². The predicted octanol–water partition coefficient (Wildman–Crippen LogP) is 4.40. The van der Waals surface area contributed by atoms with E-state index in [0.717, 1.165) is 5.69 Å². The number of nitrogens with zero attached hydrogens (tertiary/aromatic N) is 2. The van der Waals surface area contributed by atoms with Crippen molar-refractivity contribution >= 4 is 23.1 Å². The van der Waals surface area contributed by atoms with Crippen LogP contribution in [0.5, 0.6) is 0 Å². The molecule has 0 aromatic carbocycles. The van der Waals surface area contributed by atoms with Crippen molar-refractivity contribution in [3.8, 4) is 0 Å². The average molecular weight is 379 g/mol. The average Bonchev–Trinajstić information content (AvgIpc) is 2.66. The van der Waals surface area contributed by atoms with Gasteiger partial charge in [0.15, 0.2) is 5.83 Å². The van der Waals surface area contributed by atoms with E-state index in [0.29, 0.717) is 23.6 Å². The molecule has 0 fully saturated rings. The fraction of sp³-hybridized carbons (Fsp3) is 0.211. The molecule has 1 unspecified atom stereocenters. The van der Waals surface area contributed by atoms with Crippen LogP contribution in [0.25, 0.3) is 0 Å². The summed E-state index contributed by atoms with van der Waals surface area (Å²) in [6.45, 7) is 11.9. The maximum atomic E-state index is 14.1. The number of amides is 1. The van der Waals surface area contributed by atoms with Crippen LogP contribution in [0.3, 0.4) is 0 Å². The van der Waals surface area contributed by atoms with E-state index in [-0.39, 0.29) is 1.43 Å². The van der Waals surface area contributed by atoms with Crippen LogP contribution >= 0.6 is 0 Å². The second kappa shape index (κ2) is 11.3. The zero-order chi connectivity index (χ0) is 21.0. The summed E-state index contributed by atoms with van der Waals surface area (Å²) < 4.78 is 25.2. The summed E-state index contributed by atoms with van der Waals surface area (Å²) in [6, 6.07) is 7.07. The Kier molecular flexibility index (Phi) is 9.97. The van der Waals surface area contributed by atoms with Crippen molar-refractivity contribution in [3.05, 3.63) is 67.9 Å². The van der Waals surface area contributed by atoms with E-state index >= 15 is 0 Å². The highest BCUT2D eigenvalue weighted by Gasteiger charge is 2.24. The van der Waals surface area contributed by atoms with Gasteiger partial charge in [-0.1, -0.05) is 13.5 Å². The molecule has 0 spiro atoms. The molecule has 8 heteroatoms. The third-order valence-electron chi connectivity index (χ3n) is 3.35. The van der Waals surface area contributed by atoms with Gasteiger partial charge in [-0.2, -0.15) is 0 Å². The number of halogens is 2. The lowest BCUT2D eigenvalue weighted by Gasteiger charge is -2.17. The van der Waals surface area contributed by atoms with Crippen molar-refractivity contribution in [1.82, 2.24) is 9.97 Å². The predicted molar refractivity (Wildman–Crippen MR) is 108 cm³/mol. The number of nitrogens with one attached hydrogen (secondary N) is 1. The highest BCUT2D eigenvalue weighted by molar-refractivity contribution is 5.88. The third-order valence-corrected chi connectivity index (χ3v) is 3.35. The molecule has 0 saturated heterocycles. The van der Waals surface area contributed by atoms with E-state index in [1.165, 1.54) is 6.92 Å². The van der Waals surface area contributed by atoms with Gasteiger partial charge in [-0.15, -0.1) is 13.2 Å². The van der Waals surface area contributed by atoms with E-state index in [2.05, 4.69) is 40.8 Å². The van der Waals surface area contributed by atoms with Crippen LogP contribution in [-0.4, -0.2) is 15.9 Å². The van der Waals surface area contributed by atoms with Crippen molar-refractivity contribution < 1.29 is 15.0 Å². The first kappa shape index (κ1) is 23.7. The number of carbonyl (C=O) groups is 1. The minimum Gasteiger partial charge on any atom is -0.382 e. The van der Waals surface area contributed by atoms with E-state index in [1.54, 1.807) is 37.5 Å². The standard InChI is InChI=1S/C14H17FN4.C3H4FNO.C2H4.H2/c1-3-14(2,15)12-7-6-10(9-18-12)19-11-5-4-8-17-13(11)16;1-2(4)3(5)6;1-2;/h4-9,19H,3H2,1-2H3,(H2,16,17);1H2,(H2,5,6);1-2H2;1H. The van der Waals surface area contributed by atoms with Gasteiger partial charge >= 0.3 is 0 Å². The molecule has 2 rings (SSSR count). The Morgan fingerprint density at radius 3 is 2.33 bits per heavy atom.